The van der Waals surface area contributed by atoms with Crippen molar-refractivity contribution in [1.29, 1.82) is 0 Å². The van der Waals surface area contributed by atoms with E-state index in [0.717, 1.165) is 36.0 Å². The predicted octanol–water partition coefficient (Wildman–Crippen LogP) is 3.43. The van der Waals surface area contributed by atoms with Crippen LogP contribution in [0.15, 0.2) is 30.5 Å². The van der Waals surface area contributed by atoms with E-state index in [9.17, 15) is 4.79 Å². The fourth-order valence-electron chi connectivity index (χ4n) is 2.95. The Morgan fingerprint density at radius 1 is 1.42 bits per heavy atom. The van der Waals surface area contributed by atoms with Gasteiger partial charge in [-0.25, -0.2) is 0 Å². The van der Waals surface area contributed by atoms with Crippen LogP contribution >= 0.6 is 0 Å². The summed E-state index contributed by atoms with van der Waals surface area (Å²) in [5.41, 5.74) is 1.89. The summed E-state index contributed by atoms with van der Waals surface area (Å²) in [5.74, 6) is 0.856. The van der Waals surface area contributed by atoms with E-state index in [1.807, 2.05) is 35.4 Å². The smallest absolute Gasteiger partial charge is 0.253 e. The standard InChI is InChI=1S/C16H20N2O/c1-2-12-4-3-9-18(11-12)16(19)14-5-6-15-13(10-14)7-8-17-15/h5-8,10,12,17H,2-4,9,11H2,1H3. The Morgan fingerprint density at radius 3 is 3.16 bits per heavy atom. The number of rotatable bonds is 2. The number of aromatic nitrogens is 1. The maximum Gasteiger partial charge on any atom is 0.253 e. The number of carbonyl (C=O) groups is 1. The second kappa shape index (κ2) is 5.08. The molecule has 1 aromatic heterocycles. The first-order valence-corrected chi connectivity index (χ1v) is 7.14. The molecular weight excluding hydrogens is 236 g/mol. The van der Waals surface area contributed by atoms with Crippen molar-refractivity contribution in [3.63, 3.8) is 0 Å². The molecule has 3 nitrogen and oxygen atoms in total. The Morgan fingerprint density at radius 2 is 2.32 bits per heavy atom. The molecule has 0 radical (unpaired) electrons. The van der Waals surface area contributed by atoms with Crippen LogP contribution in [0.3, 0.4) is 0 Å². The van der Waals surface area contributed by atoms with Crippen molar-refractivity contribution in [2.45, 2.75) is 26.2 Å². The van der Waals surface area contributed by atoms with Crippen molar-refractivity contribution in [3.05, 3.63) is 36.0 Å². The number of H-pyrrole nitrogens is 1. The summed E-state index contributed by atoms with van der Waals surface area (Å²) < 4.78 is 0. The topological polar surface area (TPSA) is 36.1 Å². The molecule has 0 bridgehead atoms. The number of carbonyl (C=O) groups excluding carboxylic acids is 1. The van der Waals surface area contributed by atoms with Crippen molar-refractivity contribution < 1.29 is 4.79 Å². The lowest BCUT2D eigenvalue weighted by atomic mass is 9.95. The van der Waals surface area contributed by atoms with E-state index < -0.39 is 0 Å². The Labute approximate surface area is 113 Å². The minimum absolute atomic E-state index is 0.182. The van der Waals surface area contributed by atoms with Crippen LogP contribution in [0.1, 0.15) is 36.5 Å². The van der Waals surface area contributed by atoms with Gasteiger partial charge >= 0.3 is 0 Å². The average Bonchev–Trinajstić information content (AvgIpc) is 2.94. The lowest BCUT2D eigenvalue weighted by Crippen LogP contribution is -2.39. The van der Waals surface area contributed by atoms with E-state index in [0.29, 0.717) is 5.92 Å². The number of nitrogens with one attached hydrogen (secondary N) is 1. The van der Waals surface area contributed by atoms with Crippen LogP contribution in [-0.4, -0.2) is 28.9 Å². The average molecular weight is 256 g/mol. The molecule has 1 saturated heterocycles. The number of benzene rings is 1. The van der Waals surface area contributed by atoms with Gasteiger partial charge in [-0.05, 0) is 43.0 Å². The minimum atomic E-state index is 0.182. The van der Waals surface area contributed by atoms with E-state index in [-0.39, 0.29) is 5.91 Å². The highest BCUT2D eigenvalue weighted by Crippen LogP contribution is 2.22. The summed E-state index contributed by atoms with van der Waals surface area (Å²) in [6.45, 7) is 4.03. The van der Waals surface area contributed by atoms with Crippen molar-refractivity contribution in [1.82, 2.24) is 9.88 Å². The second-order valence-electron chi connectivity index (χ2n) is 5.45. The van der Waals surface area contributed by atoms with Crippen molar-refractivity contribution in [2.75, 3.05) is 13.1 Å². The molecule has 0 saturated carbocycles. The molecular formula is C16H20N2O. The van der Waals surface area contributed by atoms with Gasteiger partial charge in [0.1, 0.15) is 0 Å². The Balaban J connectivity index is 1.82. The molecule has 2 aromatic rings. The summed E-state index contributed by atoms with van der Waals surface area (Å²) >= 11 is 0. The Hall–Kier alpha value is -1.77. The molecule has 1 atom stereocenters. The third-order valence-corrected chi connectivity index (χ3v) is 4.18. The summed E-state index contributed by atoms with van der Waals surface area (Å²) in [6, 6.07) is 7.92. The SMILES string of the molecule is CCC1CCCN(C(=O)c2ccc3[nH]ccc3c2)C1. The zero-order valence-electron chi connectivity index (χ0n) is 11.4. The van der Waals surface area contributed by atoms with Gasteiger partial charge in [0, 0.05) is 35.8 Å². The molecule has 2 heterocycles. The highest BCUT2D eigenvalue weighted by Gasteiger charge is 2.23. The van der Waals surface area contributed by atoms with Crippen LogP contribution in [0.5, 0.6) is 0 Å². The summed E-state index contributed by atoms with van der Waals surface area (Å²) in [5, 5.41) is 1.11. The Bertz CT molecular complexity index is 587. The first-order valence-electron chi connectivity index (χ1n) is 7.14. The molecule has 1 aromatic carbocycles. The van der Waals surface area contributed by atoms with Gasteiger partial charge in [-0.15, -0.1) is 0 Å². The molecule has 3 heteroatoms. The maximum atomic E-state index is 12.5. The van der Waals surface area contributed by atoms with Crippen LogP contribution in [0.2, 0.25) is 0 Å². The van der Waals surface area contributed by atoms with E-state index >= 15 is 0 Å². The number of hydrogen-bond acceptors (Lipinski definition) is 1. The van der Waals surface area contributed by atoms with E-state index in [4.69, 9.17) is 0 Å². The molecule has 1 unspecified atom stereocenters. The molecule has 1 fully saturated rings. The van der Waals surface area contributed by atoms with Crippen molar-refractivity contribution >= 4 is 16.8 Å². The number of likely N-dealkylation sites (tertiary alicyclic amines) is 1. The number of aromatic amines is 1. The number of amides is 1. The number of hydrogen-bond donors (Lipinski definition) is 1. The first kappa shape index (κ1) is 12.3. The molecule has 19 heavy (non-hydrogen) atoms. The molecule has 1 aliphatic heterocycles. The minimum Gasteiger partial charge on any atom is -0.361 e. The van der Waals surface area contributed by atoms with Gasteiger partial charge in [0.25, 0.3) is 5.91 Å². The van der Waals surface area contributed by atoms with Crippen molar-refractivity contribution in [3.8, 4) is 0 Å². The highest BCUT2D eigenvalue weighted by molar-refractivity contribution is 5.98. The van der Waals surface area contributed by atoms with Crippen molar-refractivity contribution in [2.24, 2.45) is 5.92 Å². The van der Waals surface area contributed by atoms with Crippen LogP contribution in [0, 0.1) is 5.92 Å². The summed E-state index contributed by atoms with van der Waals surface area (Å²) in [4.78, 5) is 17.7. The maximum absolute atomic E-state index is 12.5. The third-order valence-electron chi connectivity index (χ3n) is 4.18. The highest BCUT2D eigenvalue weighted by atomic mass is 16.2. The molecule has 1 amide bonds. The number of nitrogens with zero attached hydrogens (tertiary/aromatic N) is 1. The van der Waals surface area contributed by atoms with Crippen LogP contribution in [0.4, 0.5) is 0 Å². The quantitative estimate of drug-likeness (QED) is 0.878. The molecule has 1 aliphatic rings. The lowest BCUT2D eigenvalue weighted by molar-refractivity contribution is 0.0671. The molecule has 0 spiro atoms. The summed E-state index contributed by atoms with van der Waals surface area (Å²) in [6.07, 6.45) is 5.47. The number of piperidine rings is 1. The normalized spacial score (nSPS) is 19.8. The zero-order valence-corrected chi connectivity index (χ0v) is 11.4. The van der Waals surface area contributed by atoms with Crippen LogP contribution in [-0.2, 0) is 0 Å². The largest absolute Gasteiger partial charge is 0.361 e. The van der Waals surface area contributed by atoms with Gasteiger partial charge in [-0.3, -0.25) is 4.79 Å². The van der Waals surface area contributed by atoms with Gasteiger partial charge in [0.2, 0.25) is 0 Å². The fraction of sp³-hybridized carbons (Fsp3) is 0.438. The van der Waals surface area contributed by atoms with Gasteiger partial charge in [0.05, 0.1) is 0 Å². The van der Waals surface area contributed by atoms with Gasteiger partial charge < -0.3 is 9.88 Å². The van der Waals surface area contributed by atoms with E-state index in [2.05, 4.69) is 11.9 Å². The molecule has 0 aliphatic carbocycles. The number of fused-ring (bicyclic) bond motifs is 1. The van der Waals surface area contributed by atoms with Gasteiger partial charge in [-0.2, -0.15) is 0 Å². The van der Waals surface area contributed by atoms with E-state index in [1.165, 1.54) is 12.8 Å². The molecule has 1 N–H and O–H groups in total. The summed E-state index contributed by atoms with van der Waals surface area (Å²) in [7, 11) is 0. The molecule has 3 rings (SSSR count). The predicted molar refractivity (Wildman–Crippen MR) is 77.2 cm³/mol. The Kier molecular flexibility index (Phi) is 3.28. The molecule has 100 valence electrons. The van der Waals surface area contributed by atoms with Gasteiger partial charge in [0.15, 0.2) is 0 Å². The van der Waals surface area contributed by atoms with Crippen LogP contribution < -0.4 is 0 Å². The van der Waals surface area contributed by atoms with E-state index in [1.54, 1.807) is 0 Å². The van der Waals surface area contributed by atoms with Gasteiger partial charge in [-0.1, -0.05) is 13.3 Å². The van der Waals surface area contributed by atoms with Crippen LogP contribution in [0.25, 0.3) is 10.9 Å². The zero-order chi connectivity index (χ0) is 13.2. The first-order chi connectivity index (χ1) is 9.28. The monoisotopic (exact) mass is 256 g/mol. The third kappa shape index (κ3) is 2.37. The fourth-order valence-corrected chi connectivity index (χ4v) is 2.95. The lowest BCUT2D eigenvalue weighted by Gasteiger charge is -2.32. The second-order valence-corrected chi connectivity index (χ2v) is 5.45.